The number of aryl methyl sites for hydroxylation is 1. The Morgan fingerprint density at radius 1 is 1.00 bits per heavy atom. The molecular weight excluding hydrogens is 478 g/mol. The van der Waals surface area contributed by atoms with Crippen LogP contribution >= 0.6 is 0 Å². The first-order chi connectivity index (χ1) is 17.0. The Morgan fingerprint density at radius 3 is 2.31 bits per heavy atom. The van der Waals surface area contributed by atoms with E-state index >= 15 is 0 Å². The molecule has 0 radical (unpaired) electrons. The van der Waals surface area contributed by atoms with E-state index in [1.54, 1.807) is 63.2 Å². The van der Waals surface area contributed by atoms with Crippen molar-refractivity contribution in [3.05, 3.63) is 77.9 Å². The number of nitrogens with two attached hydrogens (primary N) is 1. The maximum Gasteiger partial charge on any atom is 0.248 e. The number of nitrogens with one attached hydrogen (secondary N) is 2. The molecule has 5 N–H and O–H groups in total. The Kier molecular flexibility index (Phi) is 6.77. The van der Waals surface area contributed by atoms with E-state index in [1.165, 1.54) is 0 Å². The topological polar surface area (TPSA) is 147 Å². The number of primary amides is 1. The highest BCUT2D eigenvalue weighted by Gasteiger charge is 2.27. The van der Waals surface area contributed by atoms with E-state index in [-0.39, 0.29) is 11.5 Å². The van der Waals surface area contributed by atoms with Gasteiger partial charge in [0.2, 0.25) is 15.9 Å². The third-order valence-electron chi connectivity index (χ3n) is 5.68. The van der Waals surface area contributed by atoms with Crippen molar-refractivity contribution in [2.75, 3.05) is 11.9 Å². The molecule has 0 spiro atoms. The van der Waals surface area contributed by atoms with E-state index in [2.05, 4.69) is 20.2 Å². The molecule has 1 aromatic heterocycles. The maximum absolute atomic E-state index is 13.1. The fraction of sp³-hybridized carbons (Fsp3) is 0.192. The van der Waals surface area contributed by atoms with E-state index in [0.29, 0.717) is 33.9 Å². The second-order valence-corrected chi connectivity index (χ2v) is 10.8. The van der Waals surface area contributed by atoms with Gasteiger partial charge in [0.25, 0.3) is 0 Å². The first-order valence-corrected chi connectivity index (χ1v) is 12.7. The fourth-order valence-electron chi connectivity index (χ4n) is 3.75. The lowest BCUT2D eigenvalue weighted by Gasteiger charge is -2.24. The summed E-state index contributed by atoms with van der Waals surface area (Å²) in [6.07, 6.45) is 0. The predicted octanol–water partition coefficient (Wildman–Crippen LogP) is 3.50. The van der Waals surface area contributed by atoms with Gasteiger partial charge in [-0.3, -0.25) is 4.79 Å². The number of hydrogen-bond acceptors (Lipinski definition) is 7. The molecule has 0 fully saturated rings. The Bertz CT molecular complexity index is 1550. The number of carbonyl (C=O) groups excluding carboxylic acids is 1. The summed E-state index contributed by atoms with van der Waals surface area (Å²) in [4.78, 5) is 11.4. The molecule has 9 nitrogen and oxygen atoms in total. The molecule has 186 valence electrons. The van der Waals surface area contributed by atoms with Gasteiger partial charge in [-0.2, -0.15) is 0 Å². The SMILES string of the molecule is Cc1ccc(-c2nnc(Nc3ccc(C(N)=O)cc3)c3ccccc23)cc1S(=O)(=O)NC(C)(C)CO. The zero-order chi connectivity index (χ0) is 26.1. The molecule has 1 heterocycles. The molecule has 0 bridgehead atoms. The van der Waals surface area contributed by atoms with Gasteiger partial charge in [-0.25, -0.2) is 13.1 Å². The highest BCUT2D eigenvalue weighted by Crippen LogP contribution is 2.33. The molecule has 0 saturated carbocycles. The first-order valence-electron chi connectivity index (χ1n) is 11.2. The molecule has 4 aromatic rings. The van der Waals surface area contributed by atoms with E-state index in [9.17, 15) is 18.3 Å². The van der Waals surface area contributed by atoms with E-state index in [1.807, 2.05) is 24.3 Å². The number of anilines is 2. The van der Waals surface area contributed by atoms with Crippen molar-refractivity contribution >= 4 is 38.2 Å². The van der Waals surface area contributed by atoms with Gasteiger partial charge >= 0.3 is 0 Å². The lowest BCUT2D eigenvalue weighted by Crippen LogP contribution is -2.46. The minimum absolute atomic E-state index is 0.101. The van der Waals surface area contributed by atoms with Crippen LogP contribution in [-0.2, 0) is 10.0 Å². The molecule has 1 amide bonds. The lowest BCUT2D eigenvalue weighted by atomic mass is 10.0. The van der Waals surface area contributed by atoms with Gasteiger partial charge in [-0.1, -0.05) is 36.4 Å². The third kappa shape index (κ3) is 5.20. The predicted molar refractivity (Wildman–Crippen MR) is 139 cm³/mol. The minimum Gasteiger partial charge on any atom is -0.394 e. The van der Waals surface area contributed by atoms with Crippen LogP contribution in [0.25, 0.3) is 22.0 Å². The quantitative estimate of drug-likeness (QED) is 0.286. The Hall–Kier alpha value is -3.86. The molecule has 0 aliphatic carbocycles. The molecular formula is C26H27N5O4S. The number of aliphatic hydroxyl groups excluding tert-OH is 1. The van der Waals surface area contributed by atoms with Crippen LogP contribution in [0.1, 0.15) is 29.8 Å². The highest BCUT2D eigenvalue weighted by molar-refractivity contribution is 7.89. The molecule has 0 aliphatic heterocycles. The number of aliphatic hydroxyl groups is 1. The molecule has 10 heteroatoms. The Balaban J connectivity index is 1.76. The summed E-state index contributed by atoms with van der Waals surface area (Å²) in [5.74, 6) is -0.00163. The Labute approximate surface area is 209 Å². The van der Waals surface area contributed by atoms with Crippen molar-refractivity contribution in [3.63, 3.8) is 0 Å². The highest BCUT2D eigenvalue weighted by atomic mass is 32.2. The smallest absolute Gasteiger partial charge is 0.248 e. The van der Waals surface area contributed by atoms with Gasteiger partial charge in [0.05, 0.1) is 17.0 Å². The summed E-state index contributed by atoms with van der Waals surface area (Å²) in [7, 11) is -3.91. The molecule has 3 aromatic carbocycles. The van der Waals surface area contributed by atoms with Crippen LogP contribution in [0.5, 0.6) is 0 Å². The summed E-state index contributed by atoms with van der Waals surface area (Å²) in [6.45, 7) is 4.58. The number of sulfonamides is 1. The summed E-state index contributed by atoms with van der Waals surface area (Å²) in [5, 5.41) is 23.1. The number of rotatable bonds is 8. The summed E-state index contributed by atoms with van der Waals surface area (Å²) < 4.78 is 28.8. The average Bonchev–Trinajstić information content (AvgIpc) is 2.84. The zero-order valence-corrected chi connectivity index (χ0v) is 20.9. The lowest BCUT2D eigenvalue weighted by molar-refractivity contribution is 0.100. The van der Waals surface area contributed by atoms with Gasteiger partial charge in [0.15, 0.2) is 5.82 Å². The van der Waals surface area contributed by atoms with Crippen molar-refractivity contribution in [2.24, 2.45) is 5.73 Å². The molecule has 0 aliphatic rings. The van der Waals surface area contributed by atoms with Crippen molar-refractivity contribution < 1.29 is 18.3 Å². The number of amides is 1. The zero-order valence-electron chi connectivity index (χ0n) is 20.1. The monoisotopic (exact) mass is 505 g/mol. The standard InChI is InChI=1S/C26H27N5O4S/c1-16-8-9-18(14-22(16)36(34,35)31-26(2,3)15-32)23-20-6-4-5-7-21(20)25(30-29-23)28-19-12-10-17(11-13-19)24(27)33/h4-14,31-32H,15H2,1-3H3,(H2,27,33)(H,28,30). The minimum atomic E-state index is -3.91. The van der Waals surface area contributed by atoms with Gasteiger partial charge in [-0.15, -0.1) is 10.2 Å². The number of benzene rings is 3. The van der Waals surface area contributed by atoms with Crippen LogP contribution in [0.3, 0.4) is 0 Å². The fourth-order valence-corrected chi connectivity index (χ4v) is 5.43. The summed E-state index contributed by atoms with van der Waals surface area (Å²) in [5.41, 5.74) is 7.07. The van der Waals surface area contributed by atoms with Crippen LogP contribution < -0.4 is 15.8 Å². The van der Waals surface area contributed by atoms with Gasteiger partial charge in [-0.05, 0) is 56.7 Å². The van der Waals surface area contributed by atoms with Crippen molar-refractivity contribution in [1.29, 1.82) is 0 Å². The van der Waals surface area contributed by atoms with Crippen LogP contribution in [0, 0.1) is 6.92 Å². The second kappa shape index (κ2) is 9.65. The van der Waals surface area contributed by atoms with Crippen molar-refractivity contribution in [2.45, 2.75) is 31.2 Å². The van der Waals surface area contributed by atoms with E-state index in [0.717, 1.165) is 10.8 Å². The summed E-state index contributed by atoms with van der Waals surface area (Å²) >= 11 is 0. The molecule has 0 atom stereocenters. The van der Waals surface area contributed by atoms with Gasteiger partial charge in [0.1, 0.15) is 5.69 Å². The van der Waals surface area contributed by atoms with Crippen LogP contribution in [-0.4, -0.2) is 41.8 Å². The van der Waals surface area contributed by atoms with E-state index < -0.39 is 21.5 Å². The maximum atomic E-state index is 13.1. The molecule has 0 saturated heterocycles. The average molecular weight is 506 g/mol. The number of hydrogen-bond donors (Lipinski definition) is 4. The second-order valence-electron chi connectivity index (χ2n) is 9.14. The normalized spacial score (nSPS) is 12.0. The van der Waals surface area contributed by atoms with Crippen LogP contribution in [0.15, 0.2) is 71.6 Å². The van der Waals surface area contributed by atoms with Crippen molar-refractivity contribution in [1.82, 2.24) is 14.9 Å². The number of aromatic nitrogens is 2. The molecule has 0 unspecified atom stereocenters. The first kappa shape index (κ1) is 25.2. The van der Waals surface area contributed by atoms with Crippen LogP contribution in [0.2, 0.25) is 0 Å². The molecule has 36 heavy (non-hydrogen) atoms. The Morgan fingerprint density at radius 2 is 1.67 bits per heavy atom. The van der Waals surface area contributed by atoms with Gasteiger partial charge in [0, 0.05) is 27.6 Å². The largest absolute Gasteiger partial charge is 0.394 e. The third-order valence-corrected chi connectivity index (χ3v) is 7.52. The number of carbonyl (C=O) groups is 1. The number of nitrogens with zero attached hydrogens (tertiary/aromatic N) is 2. The van der Waals surface area contributed by atoms with Crippen LogP contribution in [0.4, 0.5) is 11.5 Å². The molecule has 4 rings (SSSR count). The van der Waals surface area contributed by atoms with Crippen molar-refractivity contribution in [3.8, 4) is 11.3 Å². The number of fused-ring (bicyclic) bond motifs is 1. The van der Waals surface area contributed by atoms with E-state index in [4.69, 9.17) is 5.73 Å². The summed E-state index contributed by atoms with van der Waals surface area (Å²) in [6, 6.07) is 19.3. The van der Waals surface area contributed by atoms with Gasteiger partial charge < -0.3 is 16.2 Å².